The molecule has 0 saturated carbocycles. The van der Waals surface area contributed by atoms with Crippen LogP contribution in [0.5, 0.6) is 6.01 Å². The van der Waals surface area contributed by atoms with Crippen molar-refractivity contribution in [2.24, 2.45) is 0 Å². The van der Waals surface area contributed by atoms with Crippen LogP contribution in [0.15, 0.2) is 0 Å². The molecule has 0 aliphatic carbocycles. The number of carbonyl (C=O) groups excluding carboxylic acids is 1. The first-order valence-corrected chi connectivity index (χ1v) is 3.26. The smallest absolute Gasteiger partial charge is 0.336 e. The van der Waals surface area contributed by atoms with Crippen molar-refractivity contribution in [3.8, 4) is 6.01 Å². The van der Waals surface area contributed by atoms with E-state index >= 15 is 0 Å². The Morgan fingerprint density at radius 1 is 1.64 bits per heavy atom. The minimum absolute atomic E-state index is 0.0188. The summed E-state index contributed by atoms with van der Waals surface area (Å²) in [7, 11) is 0. The number of hydrogen-bond donors (Lipinski definition) is 1. The lowest BCUT2D eigenvalue weighted by Crippen LogP contribution is -2.06. The molecule has 60 valence electrons. The molecule has 1 heterocycles. The number of aromatic nitrogens is 3. The highest BCUT2D eigenvalue weighted by Gasteiger charge is 2.03. The van der Waals surface area contributed by atoms with Gasteiger partial charge in [0.15, 0.2) is 12.1 Å². The molecule has 0 aliphatic rings. The van der Waals surface area contributed by atoms with Gasteiger partial charge in [-0.25, -0.2) is 0 Å². The zero-order chi connectivity index (χ0) is 8.27. The summed E-state index contributed by atoms with van der Waals surface area (Å²) >= 11 is 0. The number of hydrogen-bond acceptors (Lipinski definition) is 4. The molecule has 0 amide bonds. The molecular weight excluding hydrogens is 146 g/mol. The van der Waals surface area contributed by atoms with Crippen molar-refractivity contribution in [2.75, 3.05) is 0 Å². The van der Waals surface area contributed by atoms with Crippen LogP contribution in [-0.4, -0.2) is 27.6 Å². The predicted octanol–water partition coefficient (Wildman–Crippen LogP) is 0.404. The van der Waals surface area contributed by atoms with E-state index in [2.05, 4.69) is 15.2 Å². The van der Waals surface area contributed by atoms with E-state index in [4.69, 9.17) is 4.74 Å². The third-order valence-electron chi connectivity index (χ3n) is 0.935. The van der Waals surface area contributed by atoms with Crippen molar-refractivity contribution in [3.63, 3.8) is 0 Å². The van der Waals surface area contributed by atoms with Crippen molar-refractivity contribution in [1.29, 1.82) is 0 Å². The molecule has 0 unspecified atom stereocenters. The molecule has 0 atom stereocenters. The van der Waals surface area contributed by atoms with Crippen LogP contribution < -0.4 is 4.74 Å². The summed E-state index contributed by atoms with van der Waals surface area (Å²) in [6.45, 7) is 3.72. The highest BCUT2D eigenvalue weighted by molar-refractivity contribution is 5.68. The second kappa shape index (κ2) is 3.14. The van der Waals surface area contributed by atoms with E-state index in [-0.39, 0.29) is 17.9 Å². The molecule has 1 aromatic heterocycles. The lowest BCUT2D eigenvalue weighted by molar-refractivity contribution is 0.111. The van der Waals surface area contributed by atoms with Gasteiger partial charge in [-0.2, -0.15) is 4.98 Å². The van der Waals surface area contributed by atoms with E-state index in [1.807, 2.05) is 13.8 Å². The number of ether oxygens (including phenoxy) is 1. The fourth-order valence-corrected chi connectivity index (χ4v) is 0.574. The number of nitrogens with zero attached hydrogens (tertiary/aromatic N) is 2. The lowest BCUT2D eigenvalue weighted by atomic mass is 10.5. The molecule has 5 nitrogen and oxygen atoms in total. The molecule has 11 heavy (non-hydrogen) atoms. The van der Waals surface area contributed by atoms with Crippen molar-refractivity contribution < 1.29 is 9.53 Å². The first kappa shape index (κ1) is 7.71. The van der Waals surface area contributed by atoms with Gasteiger partial charge in [0, 0.05) is 0 Å². The zero-order valence-corrected chi connectivity index (χ0v) is 6.37. The second-order valence-corrected chi connectivity index (χ2v) is 2.29. The van der Waals surface area contributed by atoms with Gasteiger partial charge in [0.1, 0.15) is 0 Å². The van der Waals surface area contributed by atoms with E-state index < -0.39 is 0 Å². The van der Waals surface area contributed by atoms with Crippen LogP contribution in [0.1, 0.15) is 24.5 Å². The van der Waals surface area contributed by atoms with Gasteiger partial charge in [-0.05, 0) is 13.8 Å². The Hall–Kier alpha value is -1.39. The minimum Gasteiger partial charge on any atom is -0.460 e. The number of aldehydes is 1. The largest absolute Gasteiger partial charge is 0.460 e. The third-order valence-corrected chi connectivity index (χ3v) is 0.935. The molecule has 0 saturated heterocycles. The molecule has 1 aromatic rings. The molecule has 0 aliphatic heterocycles. The van der Waals surface area contributed by atoms with Gasteiger partial charge in [0.2, 0.25) is 0 Å². The van der Waals surface area contributed by atoms with Crippen LogP contribution in [0, 0.1) is 0 Å². The minimum atomic E-state index is 0.0188. The Morgan fingerprint density at radius 2 is 2.36 bits per heavy atom. The van der Waals surface area contributed by atoms with E-state index in [1.165, 1.54) is 0 Å². The molecule has 1 N–H and O–H groups in total. The van der Waals surface area contributed by atoms with Crippen molar-refractivity contribution >= 4 is 6.29 Å². The number of H-pyrrole nitrogens is 1. The van der Waals surface area contributed by atoms with Gasteiger partial charge in [0.25, 0.3) is 0 Å². The highest BCUT2D eigenvalue weighted by Crippen LogP contribution is 2.01. The normalized spacial score (nSPS) is 10.1. The third kappa shape index (κ3) is 2.03. The van der Waals surface area contributed by atoms with Gasteiger partial charge < -0.3 is 4.74 Å². The summed E-state index contributed by atoms with van der Waals surface area (Å²) in [5.41, 5.74) is 0. The van der Waals surface area contributed by atoms with Gasteiger partial charge in [0.05, 0.1) is 6.10 Å². The van der Waals surface area contributed by atoms with Crippen LogP contribution in [0.25, 0.3) is 0 Å². The topological polar surface area (TPSA) is 67.9 Å². The Morgan fingerprint density at radius 3 is 2.82 bits per heavy atom. The quantitative estimate of drug-likeness (QED) is 0.641. The molecule has 5 heteroatoms. The molecule has 0 radical (unpaired) electrons. The van der Waals surface area contributed by atoms with Crippen molar-refractivity contribution in [1.82, 2.24) is 15.2 Å². The molecule has 0 aromatic carbocycles. The van der Waals surface area contributed by atoms with Crippen LogP contribution in [0.4, 0.5) is 0 Å². The van der Waals surface area contributed by atoms with E-state index in [0.717, 1.165) is 0 Å². The van der Waals surface area contributed by atoms with Crippen LogP contribution >= 0.6 is 0 Å². The molecular formula is C6H9N3O2. The maximum Gasteiger partial charge on any atom is 0.336 e. The van der Waals surface area contributed by atoms with E-state index in [0.29, 0.717) is 6.29 Å². The number of aromatic amines is 1. The fourth-order valence-electron chi connectivity index (χ4n) is 0.574. The first-order chi connectivity index (χ1) is 5.22. The van der Waals surface area contributed by atoms with Crippen LogP contribution in [-0.2, 0) is 0 Å². The Balaban J connectivity index is 2.65. The van der Waals surface area contributed by atoms with Crippen molar-refractivity contribution in [3.05, 3.63) is 5.82 Å². The van der Waals surface area contributed by atoms with Gasteiger partial charge in [-0.3, -0.25) is 9.89 Å². The molecule has 1 rings (SSSR count). The Bertz CT molecular complexity index is 244. The number of rotatable bonds is 3. The van der Waals surface area contributed by atoms with Crippen LogP contribution in [0.2, 0.25) is 0 Å². The fraction of sp³-hybridized carbons (Fsp3) is 0.500. The monoisotopic (exact) mass is 155 g/mol. The average Bonchev–Trinajstić information content (AvgIpc) is 2.34. The highest BCUT2D eigenvalue weighted by atomic mass is 16.5. The van der Waals surface area contributed by atoms with E-state index in [9.17, 15) is 4.79 Å². The summed E-state index contributed by atoms with van der Waals surface area (Å²) in [6, 6.07) is 0.210. The maximum atomic E-state index is 10.1. The number of nitrogens with one attached hydrogen (secondary N) is 1. The SMILES string of the molecule is CC(C)Oc1n[nH]c(C=O)n1. The molecule has 0 spiro atoms. The average molecular weight is 155 g/mol. The summed E-state index contributed by atoms with van der Waals surface area (Å²) in [5, 5.41) is 6.04. The van der Waals surface area contributed by atoms with Gasteiger partial charge in [-0.1, -0.05) is 0 Å². The van der Waals surface area contributed by atoms with Gasteiger partial charge >= 0.3 is 6.01 Å². The standard InChI is InChI=1S/C6H9N3O2/c1-4(2)11-6-7-5(3-10)8-9-6/h3-4H,1-2H3,(H,7,8,9). The molecule has 0 fully saturated rings. The predicted molar refractivity (Wildman–Crippen MR) is 37.5 cm³/mol. The summed E-state index contributed by atoms with van der Waals surface area (Å²) in [6.07, 6.45) is 0.602. The Labute approximate surface area is 63.8 Å². The number of carbonyl (C=O) groups is 1. The molecule has 0 bridgehead atoms. The Kier molecular flexibility index (Phi) is 2.20. The zero-order valence-electron chi connectivity index (χ0n) is 6.37. The van der Waals surface area contributed by atoms with E-state index in [1.54, 1.807) is 0 Å². The summed E-state index contributed by atoms with van der Waals surface area (Å²) < 4.78 is 5.08. The maximum absolute atomic E-state index is 10.1. The first-order valence-electron chi connectivity index (χ1n) is 3.26. The van der Waals surface area contributed by atoms with Crippen molar-refractivity contribution in [2.45, 2.75) is 20.0 Å². The summed E-state index contributed by atoms with van der Waals surface area (Å²) in [5.74, 6) is 0.181. The second-order valence-electron chi connectivity index (χ2n) is 2.29. The lowest BCUT2D eigenvalue weighted by Gasteiger charge is -2.02. The summed E-state index contributed by atoms with van der Waals surface area (Å²) in [4.78, 5) is 13.8. The van der Waals surface area contributed by atoms with Crippen LogP contribution in [0.3, 0.4) is 0 Å². The van der Waals surface area contributed by atoms with Gasteiger partial charge in [-0.15, -0.1) is 5.10 Å².